The summed E-state index contributed by atoms with van der Waals surface area (Å²) in [6.07, 6.45) is 1.86. The van der Waals surface area contributed by atoms with E-state index in [1.54, 1.807) is 29.3 Å². The molecule has 0 aliphatic carbocycles. The molecule has 1 amide bonds. The molecule has 144 valence electrons. The van der Waals surface area contributed by atoms with E-state index in [0.29, 0.717) is 18.7 Å². The van der Waals surface area contributed by atoms with Gasteiger partial charge in [-0.15, -0.1) is 0 Å². The van der Waals surface area contributed by atoms with E-state index in [-0.39, 0.29) is 12.2 Å². The van der Waals surface area contributed by atoms with Crippen LogP contribution in [0.3, 0.4) is 0 Å². The molecule has 2 aromatic heterocycles. The van der Waals surface area contributed by atoms with Crippen LogP contribution < -0.4 is 0 Å². The smallest absolute Gasteiger partial charge is 0.410 e. The highest BCUT2D eigenvalue weighted by Gasteiger charge is 2.23. The third-order valence-electron chi connectivity index (χ3n) is 3.57. The van der Waals surface area contributed by atoms with E-state index in [2.05, 4.69) is 9.97 Å². The first-order chi connectivity index (χ1) is 12.8. The van der Waals surface area contributed by atoms with Gasteiger partial charge in [-0.25, -0.2) is 14.6 Å². The molecule has 0 N–H and O–H groups in total. The van der Waals surface area contributed by atoms with Gasteiger partial charge in [-0.1, -0.05) is 12.1 Å². The van der Waals surface area contributed by atoms with Crippen molar-refractivity contribution >= 4 is 12.1 Å². The van der Waals surface area contributed by atoms with Crippen LogP contribution in [0.1, 0.15) is 42.6 Å². The molecule has 0 aliphatic rings. The predicted molar refractivity (Wildman–Crippen MR) is 100 cm³/mol. The number of hydrogen-bond acceptors (Lipinski definition) is 6. The Morgan fingerprint density at radius 2 is 1.81 bits per heavy atom. The van der Waals surface area contributed by atoms with Crippen LogP contribution >= 0.6 is 0 Å². The highest BCUT2D eigenvalue weighted by Crippen LogP contribution is 2.13. The number of ether oxygens (including phenoxy) is 2. The Morgan fingerprint density at radius 3 is 2.44 bits per heavy atom. The molecule has 0 saturated carbocycles. The first kappa shape index (κ1) is 20.4. The van der Waals surface area contributed by atoms with Crippen molar-refractivity contribution in [1.82, 2.24) is 14.9 Å². The lowest BCUT2D eigenvalue weighted by Crippen LogP contribution is -2.38. The maximum Gasteiger partial charge on any atom is 0.410 e. The molecule has 0 unspecified atom stereocenters. The van der Waals surface area contributed by atoms with Gasteiger partial charge in [0.05, 0.1) is 19.3 Å². The molecule has 27 heavy (non-hydrogen) atoms. The van der Waals surface area contributed by atoms with E-state index >= 15 is 0 Å². The van der Waals surface area contributed by atoms with E-state index in [4.69, 9.17) is 9.47 Å². The lowest BCUT2D eigenvalue weighted by molar-refractivity contribution is 0.0233. The van der Waals surface area contributed by atoms with Crippen molar-refractivity contribution in [3.63, 3.8) is 0 Å². The van der Waals surface area contributed by atoms with Gasteiger partial charge in [-0.05, 0) is 45.0 Å². The van der Waals surface area contributed by atoms with Crippen LogP contribution in [0.15, 0.2) is 42.6 Å². The van der Waals surface area contributed by atoms with Crippen molar-refractivity contribution in [2.24, 2.45) is 0 Å². The molecule has 2 aromatic rings. The summed E-state index contributed by atoms with van der Waals surface area (Å²) in [4.78, 5) is 34.4. The lowest BCUT2D eigenvalue weighted by Gasteiger charge is -2.27. The number of nitrogens with zero attached hydrogens (tertiary/aromatic N) is 3. The van der Waals surface area contributed by atoms with Crippen molar-refractivity contribution in [2.75, 3.05) is 13.7 Å². The number of pyridine rings is 2. The van der Waals surface area contributed by atoms with Crippen LogP contribution in [-0.2, 0) is 22.4 Å². The second-order valence-corrected chi connectivity index (χ2v) is 6.98. The second kappa shape index (κ2) is 9.12. The summed E-state index contributed by atoms with van der Waals surface area (Å²) in [5, 5.41) is 0. The van der Waals surface area contributed by atoms with Gasteiger partial charge in [-0.2, -0.15) is 0 Å². The Bertz CT molecular complexity index is 772. The highest BCUT2D eigenvalue weighted by molar-refractivity contribution is 5.87. The highest BCUT2D eigenvalue weighted by atomic mass is 16.6. The zero-order chi connectivity index (χ0) is 19.9. The fourth-order valence-electron chi connectivity index (χ4n) is 2.34. The van der Waals surface area contributed by atoms with Crippen molar-refractivity contribution in [3.8, 4) is 0 Å². The summed E-state index contributed by atoms with van der Waals surface area (Å²) in [6, 6.07) is 10.7. The van der Waals surface area contributed by atoms with E-state index in [1.807, 2.05) is 39.0 Å². The monoisotopic (exact) mass is 371 g/mol. The molecule has 0 radical (unpaired) electrons. The number of aromatic nitrogens is 2. The fraction of sp³-hybridized carbons (Fsp3) is 0.400. The quantitative estimate of drug-likeness (QED) is 0.725. The van der Waals surface area contributed by atoms with Crippen molar-refractivity contribution < 1.29 is 19.1 Å². The molecular formula is C20H25N3O4. The van der Waals surface area contributed by atoms with Gasteiger partial charge < -0.3 is 14.4 Å². The van der Waals surface area contributed by atoms with Gasteiger partial charge in [0.15, 0.2) is 0 Å². The first-order valence-electron chi connectivity index (χ1n) is 8.70. The number of esters is 1. The number of carbonyl (C=O) groups is 2. The Hall–Kier alpha value is -2.96. The van der Waals surface area contributed by atoms with Gasteiger partial charge in [0.2, 0.25) is 0 Å². The molecule has 0 aromatic carbocycles. The second-order valence-electron chi connectivity index (χ2n) is 6.98. The van der Waals surface area contributed by atoms with Crippen LogP contribution in [0.5, 0.6) is 0 Å². The summed E-state index contributed by atoms with van der Waals surface area (Å²) in [7, 11) is 1.30. The maximum atomic E-state index is 12.6. The van der Waals surface area contributed by atoms with E-state index in [0.717, 1.165) is 5.69 Å². The van der Waals surface area contributed by atoms with Gasteiger partial charge >= 0.3 is 12.1 Å². The SMILES string of the molecule is COC(=O)c1cccc(CN(CCc2ccccn2)C(=O)OC(C)(C)C)n1. The number of hydrogen-bond donors (Lipinski definition) is 0. The summed E-state index contributed by atoms with van der Waals surface area (Å²) in [5.41, 5.74) is 1.04. The number of amides is 1. The van der Waals surface area contributed by atoms with E-state index in [9.17, 15) is 9.59 Å². The average molecular weight is 371 g/mol. The van der Waals surface area contributed by atoms with Crippen molar-refractivity contribution in [2.45, 2.75) is 39.3 Å². The Kier molecular flexibility index (Phi) is 6.87. The minimum atomic E-state index is -0.610. The number of methoxy groups -OCH3 is 1. The van der Waals surface area contributed by atoms with Crippen molar-refractivity contribution in [1.29, 1.82) is 0 Å². The molecule has 7 heteroatoms. The van der Waals surface area contributed by atoms with Gasteiger partial charge in [0, 0.05) is 24.9 Å². The van der Waals surface area contributed by atoms with E-state index < -0.39 is 17.7 Å². The van der Waals surface area contributed by atoms with Crippen LogP contribution in [-0.4, -0.2) is 46.2 Å². The number of rotatable bonds is 6. The molecule has 0 spiro atoms. The average Bonchev–Trinajstić information content (AvgIpc) is 2.64. The first-order valence-corrected chi connectivity index (χ1v) is 8.70. The van der Waals surface area contributed by atoms with Gasteiger partial charge in [0.25, 0.3) is 0 Å². The van der Waals surface area contributed by atoms with Gasteiger partial charge in [-0.3, -0.25) is 4.98 Å². The van der Waals surface area contributed by atoms with Crippen LogP contribution in [0.2, 0.25) is 0 Å². The maximum absolute atomic E-state index is 12.6. The summed E-state index contributed by atoms with van der Waals surface area (Å²) >= 11 is 0. The molecular weight excluding hydrogens is 346 g/mol. The standard InChI is InChI=1S/C20H25N3O4/c1-20(2,3)27-19(25)23(13-11-15-8-5-6-12-21-15)14-16-9-7-10-17(22-16)18(24)26-4/h5-10,12H,11,13-14H2,1-4H3. The Balaban J connectivity index is 2.16. The number of carbonyl (C=O) groups excluding carboxylic acids is 2. The molecule has 0 atom stereocenters. The Labute approximate surface area is 159 Å². The predicted octanol–water partition coefficient (Wildman–Crippen LogP) is 3.24. The van der Waals surface area contributed by atoms with Crippen LogP contribution in [0.25, 0.3) is 0 Å². The van der Waals surface area contributed by atoms with Gasteiger partial charge in [0.1, 0.15) is 11.3 Å². The summed E-state index contributed by atoms with van der Waals surface area (Å²) in [6.45, 7) is 6.08. The third-order valence-corrected chi connectivity index (χ3v) is 3.57. The third kappa shape index (κ3) is 6.69. The molecule has 7 nitrogen and oxygen atoms in total. The minimum Gasteiger partial charge on any atom is -0.464 e. The van der Waals surface area contributed by atoms with Crippen molar-refractivity contribution in [3.05, 3.63) is 59.7 Å². The molecule has 0 aliphatic heterocycles. The summed E-state index contributed by atoms with van der Waals surface area (Å²) in [5.74, 6) is -0.519. The topological polar surface area (TPSA) is 81.6 Å². The van der Waals surface area contributed by atoms with E-state index in [1.165, 1.54) is 7.11 Å². The zero-order valence-corrected chi connectivity index (χ0v) is 16.1. The molecule has 2 heterocycles. The normalized spacial score (nSPS) is 11.0. The largest absolute Gasteiger partial charge is 0.464 e. The summed E-state index contributed by atoms with van der Waals surface area (Å²) < 4.78 is 10.2. The zero-order valence-electron chi connectivity index (χ0n) is 16.1. The molecule has 0 fully saturated rings. The Morgan fingerprint density at radius 1 is 1.07 bits per heavy atom. The lowest BCUT2D eigenvalue weighted by atomic mass is 10.2. The minimum absolute atomic E-state index is 0.198. The fourth-order valence-corrected chi connectivity index (χ4v) is 2.34. The molecule has 0 bridgehead atoms. The van der Waals surface area contributed by atoms with Crippen LogP contribution in [0, 0.1) is 0 Å². The van der Waals surface area contributed by atoms with Crippen LogP contribution in [0.4, 0.5) is 4.79 Å². The molecule has 2 rings (SSSR count). The molecule has 0 saturated heterocycles.